The smallest absolute Gasteiger partial charge is 0.234 e. The molecule has 7 heteroatoms. The monoisotopic (exact) mass is 324 g/mol. The van der Waals surface area contributed by atoms with Gasteiger partial charge in [0.1, 0.15) is 11.4 Å². The number of hydrogen-bond donors (Lipinski definition) is 1. The molecule has 0 radical (unpaired) electrons. The Balaban J connectivity index is 1.94. The molecule has 2 rings (SSSR count). The Kier molecular flexibility index (Phi) is 5.59. The number of thioether (sulfide) groups is 1. The van der Waals surface area contributed by atoms with Gasteiger partial charge in [-0.3, -0.25) is 4.79 Å². The van der Waals surface area contributed by atoms with Gasteiger partial charge in [0.15, 0.2) is 4.34 Å². The summed E-state index contributed by atoms with van der Waals surface area (Å²) in [7, 11) is 0. The van der Waals surface area contributed by atoms with Crippen LogP contribution in [0.25, 0.3) is 0 Å². The highest BCUT2D eigenvalue weighted by molar-refractivity contribution is 8.02. The van der Waals surface area contributed by atoms with Crippen molar-refractivity contribution in [1.82, 2.24) is 14.7 Å². The fourth-order valence-corrected chi connectivity index (χ4v) is 4.23. The number of aryl methyl sites for hydroxylation is 1. The van der Waals surface area contributed by atoms with E-state index in [4.69, 9.17) is 0 Å². The van der Waals surface area contributed by atoms with Crippen LogP contribution < -0.4 is 5.32 Å². The highest BCUT2D eigenvalue weighted by Crippen LogP contribution is 2.29. The maximum absolute atomic E-state index is 12.3. The van der Waals surface area contributed by atoms with Gasteiger partial charge in [-0.25, -0.2) is 4.98 Å². The van der Waals surface area contributed by atoms with Gasteiger partial charge in [-0.1, -0.05) is 37.9 Å². The lowest BCUT2D eigenvalue weighted by Crippen LogP contribution is -2.50. The molecule has 1 aromatic rings. The topological polar surface area (TPSA) is 78.7 Å². The first kappa shape index (κ1) is 16.2. The van der Waals surface area contributed by atoms with Crippen molar-refractivity contribution < 1.29 is 4.79 Å². The Hall–Kier alpha value is -1.13. The van der Waals surface area contributed by atoms with Gasteiger partial charge >= 0.3 is 0 Å². The largest absolute Gasteiger partial charge is 0.337 e. The van der Waals surface area contributed by atoms with Gasteiger partial charge in [0, 0.05) is 6.42 Å². The maximum atomic E-state index is 12.3. The minimum Gasteiger partial charge on any atom is -0.337 e. The van der Waals surface area contributed by atoms with Crippen LogP contribution in [0, 0.1) is 11.3 Å². The Morgan fingerprint density at radius 1 is 1.52 bits per heavy atom. The zero-order chi connectivity index (χ0) is 15.3. The molecule has 0 saturated heterocycles. The van der Waals surface area contributed by atoms with Gasteiger partial charge < -0.3 is 5.32 Å². The van der Waals surface area contributed by atoms with Gasteiger partial charge in [-0.15, -0.1) is 0 Å². The van der Waals surface area contributed by atoms with E-state index in [1.807, 2.05) is 13.8 Å². The molecular weight excluding hydrogens is 304 g/mol. The van der Waals surface area contributed by atoms with Crippen molar-refractivity contribution in [3.05, 3.63) is 5.82 Å². The fourth-order valence-electron chi connectivity index (χ4n) is 2.39. The number of rotatable bonds is 5. The van der Waals surface area contributed by atoms with Crippen molar-refractivity contribution in [1.29, 1.82) is 5.26 Å². The van der Waals surface area contributed by atoms with Crippen molar-refractivity contribution in [2.75, 3.05) is 0 Å². The van der Waals surface area contributed by atoms with Gasteiger partial charge in [0.05, 0.1) is 11.3 Å². The molecule has 1 aliphatic rings. The summed E-state index contributed by atoms with van der Waals surface area (Å²) in [5, 5.41) is 12.1. The number of carbonyl (C=O) groups is 1. The minimum atomic E-state index is -0.667. The lowest BCUT2D eigenvalue weighted by Gasteiger charge is -2.32. The van der Waals surface area contributed by atoms with Crippen molar-refractivity contribution in [2.24, 2.45) is 0 Å². The van der Waals surface area contributed by atoms with Crippen molar-refractivity contribution in [3.63, 3.8) is 0 Å². The van der Waals surface area contributed by atoms with E-state index in [1.165, 1.54) is 23.3 Å². The van der Waals surface area contributed by atoms with Crippen LogP contribution in [-0.2, 0) is 11.2 Å². The van der Waals surface area contributed by atoms with Gasteiger partial charge in [-0.2, -0.15) is 9.64 Å². The number of carbonyl (C=O) groups excluding carboxylic acids is 1. The summed E-state index contributed by atoms with van der Waals surface area (Å²) >= 11 is 2.74. The van der Waals surface area contributed by atoms with E-state index in [2.05, 4.69) is 20.7 Å². The second kappa shape index (κ2) is 7.23. The third-order valence-corrected chi connectivity index (χ3v) is 5.62. The SMILES string of the molecule is CCc1nsc(S[C@H](C)C(=O)NC2(C#N)CCCCC2)n1. The fraction of sp³-hybridized carbons (Fsp3) is 0.714. The van der Waals surface area contributed by atoms with Crippen molar-refractivity contribution in [3.8, 4) is 6.07 Å². The standard InChI is InChI=1S/C14H20N4OS2/c1-3-11-16-13(21-18-11)20-10(2)12(19)17-14(9-15)7-5-4-6-8-14/h10H,3-8H2,1-2H3,(H,17,19)/t10-/m1/s1. The highest BCUT2D eigenvalue weighted by Gasteiger charge is 2.35. The zero-order valence-electron chi connectivity index (χ0n) is 12.4. The van der Waals surface area contributed by atoms with Crippen LogP contribution in [0.2, 0.25) is 0 Å². The summed E-state index contributed by atoms with van der Waals surface area (Å²) < 4.78 is 5.03. The quantitative estimate of drug-likeness (QED) is 0.843. The third kappa shape index (κ3) is 4.17. The molecule has 5 nitrogen and oxygen atoms in total. The van der Waals surface area contributed by atoms with E-state index in [0.717, 1.165) is 48.7 Å². The molecule has 0 aliphatic heterocycles. The average Bonchev–Trinajstić information content (AvgIpc) is 2.95. The van der Waals surface area contributed by atoms with Crippen LogP contribution >= 0.6 is 23.3 Å². The predicted molar refractivity (Wildman–Crippen MR) is 84.2 cm³/mol. The van der Waals surface area contributed by atoms with E-state index in [-0.39, 0.29) is 11.2 Å². The maximum Gasteiger partial charge on any atom is 0.234 e. The Bertz CT molecular complexity index is 531. The number of amides is 1. The van der Waals surface area contributed by atoms with Gasteiger partial charge in [0.25, 0.3) is 0 Å². The number of nitrogens with one attached hydrogen (secondary N) is 1. The third-order valence-electron chi connectivity index (χ3n) is 3.70. The Morgan fingerprint density at radius 3 is 2.81 bits per heavy atom. The molecule has 21 heavy (non-hydrogen) atoms. The first-order valence-electron chi connectivity index (χ1n) is 7.31. The number of hydrogen-bond acceptors (Lipinski definition) is 6. The highest BCUT2D eigenvalue weighted by atomic mass is 32.2. The van der Waals surface area contributed by atoms with Crippen LogP contribution in [0.5, 0.6) is 0 Å². The molecule has 1 N–H and O–H groups in total. The summed E-state index contributed by atoms with van der Waals surface area (Å²) in [5.41, 5.74) is -0.667. The first-order valence-corrected chi connectivity index (χ1v) is 8.96. The van der Waals surface area contributed by atoms with Gasteiger partial charge in [0.2, 0.25) is 5.91 Å². The molecule has 1 saturated carbocycles. The van der Waals surface area contributed by atoms with Gasteiger partial charge in [-0.05, 0) is 31.3 Å². The second-order valence-electron chi connectivity index (χ2n) is 5.33. The lowest BCUT2D eigenvalue weighted by molar-refractivity contribution is -0.121. The van der Waals surface area contributed by atoms with E-state index in [9.17, 15) is 10.1 Å². The van der Waals surface area contributed by atoms with Crippen molar-refractivity contribution in [2.45, 2.75) is 67.5 Å². The molecule has 1 heterocycles. The molecule has 1 aliphatic carbocycles. The predicted octanol–water partition coefficient (Wildman–Crippen LogP) is 2.92. The molecule has 1 amide bonds. The zero-order valence-corrected chi connectivity index (χ0v) is 14.0. The Labute approximate surface area is 133 Å². The summed E-state index contributed by atoms with van der Waals surface area (Å²) in [4.78, 5) is 16.7. The molecule has 114 valence electrons. The van der Waals surface area contributed by atoms with E-state index < -0.39 is 5.54 Å². The number of nitrogens with zero attached hydrogens (tertiary/aromatic N) is 3. The molecule has 0 aromatic carbocycles. The molecule has 0 spiro atoms. The van der Waals surface area contributed by atoms with Crippen LogP contribution in [-0.4, -0.2) is 26.1 Å². The van der Waals surface area contributed by atoms with Crippen molar-refractivity contribution >= 4 is 29.2 Å². The average molecular weight is 324 g/mol. The molecule has 0 bridgehead atoms. The van der Waals surface area contributed by atoms with Crippen LogP contribution in [0.4, 0.5) is 0 Å². The molecular formula is C14H20N4OS2. The lowest BCUT2D eigenvalue weighted by atomic mass is 9.83. The number of aromatic nitrogens is 2. The summed E-state index contributed by atoms with van der Waals surface area (Å²) in [5.74, 6) is 0.729. The summed E-state index contributed by atoms with van der Waals surface area (Å²) in [6, 6.07) is 2.31. The molecule has 1 aromatic heterocycles. The van der Waals surface area contributed by atoms with Crippen LogP contribution in [0.15, 0.2) is 4.34 Å². The van der Waals surface area contributed by atoms with Crippen LogP contribution in [0.3, 0.4) is 0 Å². The van der Waals surface area contributed by atoms with E-state index in [1.54, 1.807) is 0 Å². The van der Waals surface area contributed by atoms with Crippen LogP contribution in [0.1, 0.15) is 51.8 Å². The molecule has 1 fully saturated rings. The normalized spacial score (nSPS) is 18.7. The van der Waals surface area contributed by atoms with E-state index in [0.29, 0.717) is 0 Å². The molecule has 1 atom stereocenters. The number of nitriles is 1. The second-order valence-corrected chi connectivity index (χ2v) is 7.67. The first-order chi connectivity index (χ1) is 10.1. The summed E-state index contributed by atoms with van der Waals surface area (Å²) in [6.45, 7) is 3.85. The van der Waals surface area contributed by atoms with E-state index >= 15 is 0 Å². The molecule has 0 unspecified atom stereocenters. The summed E-state index contributed by atoms with van der Waals surface area (Å²) in [6.07, 6.45) is 5.47. The Morgan fingerprint density at radius 2 is 2.24 bits per heavy atom. The minimum absolute atomic E-state index is 0.0864.